The molecule has 0 aliphatic rings. The van der Waals surface area contributed by atoms with Crippen LogP contribution in [0.2, 0.25) is 0 Å². The van der Waals surface area contributed by atoms with Gasteiger partial charge in [-0.3, -0.25) is 4.79 Å². The van der Waals surface area contributed by atoms with Crippen molar-refractivity contribution in [2.24, 2.45) is 5.73 Å². The first-order valence-corrected chi connectivity index (χ1v) is 5.11. The summed E-state index contributed by atoms with van der Waals surface area (Å²) in [7, 11) is 1.30. The van der Waals surface area contributed by atoms with Crippen LogP contribution in [0.25, 0.3) is 0 Å². The van der Waals surface area contributed by atoms with Crippen molar-refractivity contribution in [3.05, 3.63) is 34.9 Å². The maximum absolute atomic E-state index is 11.4. The highest BCUT2D eigenvalue weighted by Crippen LogP contribution is 2.12. The van der Waals surface area contributed by atoms with Gasteiger partial charge in [-0.15, -0.1) is 0 Å². The van der Waals surface area contributed by atoms with Crippen LogP contribution in [-0.4, -0.2) is 30.2 Å². The molecule has 0 radical (unpaired) electrons. The molecule has 17 heavy (non-hydrogen) atoms. The summed E-state index contributed by atoms with van der Waals surface area (Å²) in [6.45, 7) is 1.82. The number of carboxylic acid groups (broad SMARTS) is 1. The van der Waals surface area contributed by atoms with Crippen LogP contribution >= 0.6 is 0 Å². The second kappa shape index (κ2) is 5.45. The summed E-state index contributed by atoms with van der Waals surface area (Å²) in [5.74, 6) is -1.51. The third-order valence-electron chi connectivity index (χ3n) is 2.33. The van der Waals surface area contributed by atoms with Crippen molar-refractivity contribution >= 4 is 11.9 Å². The summed E-state index contributed by atoms with van der Waals surface area (Å²) in [6, 6.07) is 4.11. The van der Waals surface area contributed by atoms with Crippen LogP contribution in [0.3, 0.4) is 0 Å². The second-order valence-corrected chi connectivity index (χ2v) is 3.85. The molecular formula is C12H15NO4. The lowest BCUT2D eigenvalue weighted by Crippen LogP contribution is -2.32. The van der Waals surface area contributed by atoms with Crippen LogP contribution in [-0.2, 0) is 16.0 Å². The smallest absolute Gasteiger partial charge is 0.337 e. The van der Waals surface area contributed by atoms with Crippen LogP contribution in [0.5, 0.6) is 0 Å². The van der Waals surface area contributed by atoms with E-state index >= 15 is 0 Å². The molecule has 1 aromatic carbocycles. The van der Waals surface area contributed by atoms with E-state index < -0.39 is 18.0 Å². The number of methoxy groups -OCH3 is 1. The Kier molecular flexibility index (Phi) is 4.23. The van der Waals surface area contributed by atoms with Crippen LogP contribution in [0.1, 0.15) is 21.5 Å². The van der Waals surface area contributed by atoms with Gasteiger partial charge in [0, 0.05) is 0 Å². The Balaban J connectivity index is 2.97. The van der Waals surface area contributed by atoms with E-state index in [1.165, 1.54) is 7.11 Å². The SMILES string of the molecule is COC(=O)c1cc(C)cc(C[C@H](N)C(=O)O)c1. The van der Waals surface area contributed by atoms with Gasteiger partial charge >= 0.3 is 11.9 Å². The second-order valence-electron chi connectivity index (χ2n) is 3.85. The molecule has 0 amide bonds. The van der Waals surface area contributed by atoms with E-state index in [0.29, 0.717) is 11.1 Å². The van der Waals surface area contributed by atoms with Crippen LogP contribution in [0, 0.1) is 6.92 Å². The number of carboxylic acids is 1. The Morgan fingerprint density at radius 1 is 1.41 bits per heavy atom. The van der Waals surface area contributed by atoms with Crippen molar-refractivity contribution in [2.45, 2.75) is 19.4 Å². The summed E-state index contributed by atoms with van der Waals surface area (Å²) < 4.78 is 4.61. The van der Waals surface area contributed by atoms with Crippen molar-refractivity contribution in [3.8, 4) is 0 Å². The highest BCUT2D eigenvalue weighted by molar-refractivity contribution is 5.89. The third kappa shape index (κ3) is 3.57. The van der Waals surface area contributed by atoms with E-state index in [9.17, 15) is 9.59 Å². The Morgan fingerprint density at radius 2 is 2.06 bits per heavy atom. The fraction of sp³-hybridized carbons (Fsp3) is 0.333. The average molecular weight is 237 g/mol. The summed E-state index contributed by atoms with van der Waals surface area (Å²) in [5, 5.41) is 8.72. The Hall–Kier alpha value is -1.88. The fourth-order valence-corrected chi connectivity index (χ4v) is 1.56. The largest absolute Gasteiger partial charge is 0.480 e. The normalized spacial score (nSPS) is 11.9. The molecule has 3 N–H and O–H groups in total. The quantitative estimate of drug-likeness (QED) is 0.754. The zero-order valence-corrected chi connectivity index (χ0v) is 9.77. The van der Waals surface area contributed by atoms with Gasteiger partial charge in [-0.1, -0.05) is 6.07 Å². The topological polar surface area (TPSA) is 89.6 Å². The zero-order valence-electron chi connectivity index (χ0n) is 9.77. The van der Waals surface area contributed by atoms with Crippen molar-refractivity contribution in [3.63, 3.8) is 0 Å². The van der Waals surface area contributed by atoms with Crippen molar-refractivity contribution in [1.82, 2.24) is 0 Å². The molecule has 0 aromatic heterocycles. The minimum absolute atomic E-state index is 0.182. The highest BCUT2D eigenvalue weighted by Gasteiger charge is 2.14. The van der Waals surface area contributed by atoms with Crippen LogP contribution < -0.4 is 5.73 Å². The number of esters is 1. The van der Waals surface area contributed by atoms with E-state index in [2.05, 4.69) is 4.74 Å². The maximum atomic E-state index is 11.4. The predicted molar refractivity (Wildman–Crippen MR) is 61.8 cm³/mol. The average Bonchev–Trinajstić information content (AvgIpc) is 2.26. The van der Waals surface area contributed by atoms with Gasteiger partial charge in [0.05, 0.1) is 12.7 Å². The lowest BCUT2D eigenvalue weighted by Gasteiger charge is -2.09. The molecule has 0 saturated heterocycles. The summed E-state index contributed by atoms with van der Waals surface area (Å²) >= 11 is 0. The Morgan fingerprint density at radius 3 is 2.59 bits per heavy atom. The zero-order chi connectivity index (χ0) is 13.0. The molecular weight excluding hydrogens is 222 g/mol. The number of carbonyl (C=O) groups excluding carboxylic acids is 1. The molecule has 0 spiro atoms. The number of benzene rings is 1. The van der Waals surface area contributed by atoms with Crippen molar-refractivity contribution in [2.75, 3.05) is 7.11 Å². The van der Waals surface area contributed by atoms with Gasteiger partial charge in [0.25, 0.3) is 0 Å². The molecule has 1 aromatic rings. The molecule has 5 nitrogen and oxygen atoms in total. The molecule has 0 unspecified atom stereocenters. The van der Waals surface area contributed by atoms with E-state index in [4.69, 9.17) is 10.8 Å². The molecule has 0 fully saturated rings. The van der Waals surface area contributed by atoms with Crippen LogP contribution in [0.4, 0.5) is 0 Å². The minimum atomic E-state index is -1.06. The number of nitrogens with two attached hydrogens (primary N) is 1. The number of aliphatic carboxylic acids is 1. The van der Waals surface area contributed by atoms with Gasteiger partial charge in [0.1, 0.15) is 6.04 Å². The number of aryl methyl sites for hydroxylation is 1. The Bertz CT molecular complexity index is 442. The maximum Gasteiger partial charge on any atom is 0.337 e. The lowest BCUT2D eigenvalue weighted by molar-refractivity contribution is -0.138. The van der Waals surface area contributed by atoms with E-state index in [0.717, 1.165) is 5.56 Å². The predicted octanol–water partition coefficient (Wildman–Crippen LogP) is 0.736. The number of rotatable bonds is 4. The molecule has 1 atom stereocenters. The number of ether oxygens (including phenoxy) is 1. The standard InChI is InChI=1S/C12H15NO4/c1-7-3-8(6-10(13)11(14)15)5-9(4-7)12(16)17-2/h3-5,10H,6,13H2,1-2H3,(H,14,15)/t10-/m0/s1. The Labute approximate surface area is 99.2 Å². The van der Waals surface area contributed by atoms with Gasteiger partial charge < -0.3 is 15.6 Å². The number of carbonyl (C=O) groups is 2. The van der Waals surface area contributed by atoms with E-state index in [-0.39, 0.29) is 6.42 Å². The molecule has 0 aliphatic carbocycles. The van der Waals surface area contributed by atoms with Gasteiger partial charge in [-0.2, -0.15) is 0 Å². The van der Waals surface area contributed by atoms with E-state index in [1.54, 1.807) is 18.2 Å². The molecule has 92 valence electrons. The molecule has 0 bridgehead atoms. The summed E-state index contributed by atoms with van der Waals surface area (Å²) in [5.41, 5.74) is 7.41. The highest BCUT2D eigenvalue weighted by atomic mass is 16.5. The molecule has 0 aliphatic heterocycles. The first-order valence-electron chi connectivity index (χ1n) is 5.11. The monoisotopic (exact) mass is 237 g/mol. The fourth-order valence-electron chi connectivity index (χ4n) is 1.56. The van der Waals surface area contributed by atoms with Gasteiger partial charge in [-0.05, 0) is 36.6 Å². The minimum Gasteiger partial charge on any atom is -0.480 e. The lowest BCUT2D eigenvalue weighted by atomic mass is 10.0. The number of hydrogen-bond acceptors (Lipinski definition) is 4. The van der Waals surface area contributed by atoms with Crippen LogP contribution in [0.15, 0.2) is 18.2 Å². The van der Waals surface area contributed by atoms with Gasteiger partial charge in [0.2, 0.25) is 0 Å². The molecule has 1 rings (SSSR count). The molecule has 0 saturated carbocycles. The summed E-state index contributed by atoms with van der Waals surface area (Å²) in [6.07, 6.45) is 0.182. The van der Waals surface area contributed by atoms with E-state index in [1.807, 2.05) is 6.92 Å². The van der Waals surface area contributed by atoms with Gasteiger partial charge in [0.15, 0.2) is 0 Å². The molecule has 0 heterocycles. The van der Waals surface area contributed by atoms with Crippen molar-refractivity contribution in [1.29, 1.82) is 0 Å². The van der Waals surface area contributed by atoms with Crippen molar-refractivity contribution < 1.29 is 19.4 Å². The first kappa shape index (κ1) is 13.2. The third-order valence-corrected chi connectivity index (χ3v) is 2.33. The molecule has 5 heteroatoms. The van der Waals surface area contributed by atoms with Gasteiger partial charge in [-0.25, -0.2) is 4.79 Å². The number of hydrogen-bond donors (Lipinski definition) is 2. The first-order chi connectivity index (χ1) is 7.93. The summed E-state index contributed by atoms with van der Waals surface area (Å²) in [4.78, 5) is 22.0.